The van der Waals surface area contributed by atoms with E-state index in [4.69, 9.17) is 14.2 Å². The van der Waals surface area contributed by atoms with Gasteiger partial charge in [-0.1, -0.05) is 30.3 Å². The van der Waals surface area contributed by atoms with E-state index in [0.717, 1.165) is 5.56 Å². The Morgan fingerprint density at radius 2 is 1.97 bits per heavy atom. The highest BCUT2D eigenvalue weighted by atomic mass is 16.5. The monoisotopic (exact) mass is 412 g/mol. The first-order valence-electron chi connectivity index (χ1n) is 9.89. The number of carbonyl (C=O) groups is 2. The quantitative estimate of drug-likeness (QED) is 0.700. The molecule has 1 aromatic heterocycles. The van der Waals surface area contributed by atoms with Crippen LogP contribution >= 0.6 is 0 Å². The molecule has 3 heterocycles. The molecule has 0 saturated carbocycles. The highest BCUT2D eigenvalue weighted by Crippen LogP contribution is 2.34. The second-order valence-electron chi connectivity index (χ2n) is 7.68. The second-order valence-corrected chi connectivity index (χ2v) is 7.68. The summed E-state index contributed by atoms with van der Waals surface area (Å²) in [7, 11) is 1.22. The molecule has 0 radical (unpaired) electrons. The van der Waals surface area contributed by atoms with Crippen LogP contribution in [-0.4, -0.2) is 47.6 Å². The van der Waals surface area contributed by atoms with E-state index in [-0.39, 0.29) is 48.2 Å². The molecule has 0 fully saturated rings. The number of amides is 1. The summed E-state index contributed by atoms with van der Waals surface area (Å²) >= 11 is 0. The molecule has 158 valence electrons. The van der Waals surface area contributed by atoms with Crippen molar-refractivity contribution in [2.45, 2.75) is 39.1 Å². The number of nitrogens with zero attached hydrogens (tertiary/aromatic N) is 2. The van der Waals surface area contributed by atoms with Gasteiger partial charge in [-0.05, 0) is 19.4 Å². The average molecular weight is 412 g/mol. The zero-order valence-corrected chi connectivity index (χ0v) is 17.2. The zero-order valence-electron chi connectivity index (χ0n) is 17.2. The second kappa shape index (κ2) is 7.95. The number of esters is 1. The fourth-order valence-electron chi connectivity index (χ4n) is 4.03. The van der Waals surface area contributed by atoms with Crippen molar-refractivity contribution < 1.29 is 23.8 Å². The number of aromatic nitrogens is 1. The summed E-state index contributed by atoms with van der Waals surface area (Å²) in [5.41, 5.74) is 0.589. The summed E-state index contributed by atoms with van der Waals surface area (Å²) < 4.78 is 18.2. The van der Waals surface area contributed by atoms with Crippen LogP contribution in [0.4, 0.5) is 0 Å². The summed E-state index contributed by atoms with van der Waals surface area (Å²) in [6, 6.07) is 9.05. The fraction of sp³-hybridized carbons (Fsp3) is 0.409. The van der Waals surface area contributed by atoms with E-state index in [1.165, 1.54) is 7.11 Å². The lowest BCUT2D eigenvalue weighted by Crippen LogP contribution is -2.51. The summed E-state index contributed by atoms with van der Waals surface area (Å²) in [5.74, 6) is -1.18. The minimum absolute atomic E-state index is 0.0527. The van der Waals surface area contributed by atoms with Crippen molar-refractivity contribution in [2.75, 3.05) is 20.3 Å². The molecule has 2 aliphatic rings. The number of benzene rings is 1. The van der Waals surface area contributed by atoms with Crippen molar-refractivity contribution in [1.82, 2.24) is 9.47 Å². The van der Waals surface area contributed by atoms with Crippen molar-refractivity contribution in [3.05, 3.63) is 63.1 Å². The lowest BCUT2D eigenvalue weighted by molar-refractivity contribution is 0.0179. The van der Waals surface area contributed by atoms with E-state index in [1.54, 1.807) is 9.47 Å². The van der Waals surface area contributed by atoms with Gasteiger partial charge in [-0.2, -0.15) is 0 Å². The molecule has 1 amide bonds. The summed E-state index contributed by atoms with van der Waals surface area (Å²) in [6.07, 6.45) is 0. The molecule has 0 unspecified atom stereocenters. The van der Waals surface area contributed by atoms with Gasteiger partial charge in [-0.15, -0.1) is 0 Å². The first-order chi connectivity index (χ1) is 14.4. The van der Waals surface area contributed by atoms with Gasteiger partial charge in [-0.25, -0.2) is 4.79 Å². The number of ether oxygens (including phenoxy) is 3. The number of hydrogen-bond acceptors (Lipinski definition) is 6. The van der Waals surface area contributed by atoms with E-state index in [1.807, 2.05) is 44.2 Å². The molecule has 4 rings (SSSR count). The maximum Gasteiger partial charge on any atom is 0.343 e. The number of rotatable bonds is 5. The molecular weight excluding hydrogens is 388 g/mol. The Labute approximate surface area is 174 Å². The van der Waals surface area contributed by atoms with Crippen LogP contribution < -0.4 is 10.2 Å². The molecular formula is C22H24N2O6. The normalized spacial score (nSPS) is 17.7. The van der Waals surface area contributed by atoms with Crippen molar-refractivity contribution in [3.63, 3.8) is 0 Å². The third kappa shape index (κ3) is 3.27. The zero-order chi connectivity index (χ0) is 21.4. The minimum Gasteiger partial charge on any atom is -0.483 e. The molecule has 1 atom stereocenters. The summed E-state index contributed by atoms with van der Waals surface area (Å²) in [5, 5.41) is 0. The van der Waals surface area contributed by atoms with E-state index < -0.39 is 11.4 Å². The average Bonchev–Trinajstić information content (AvgIpc) is 2.75. The Morgan fingerprint density at radius 3 is 2.63 bits per heavy atom. The third-order valence-corrected chi connectivity index (χ3v) is 5.49. The SMILES string of the molecule is COC(=O)c1c2n3c(c(OCc4ccccc4)c1=O)C(=O)N(C(C)C)C[C@@H]3COC2. The molecule has 0 bridgehead atoms. The topological polar surface area (TPSA) is 87.1 Å². The molecule has 0 spiro atoms. The van der Waals surface area contributed by atoms with Gasteiger partial charge in [0, 0.05) is 12.6 Å². The highest BCUT2D eigenvalue weighted by molar-refractivity contribution is 5.99. The Balaban J connectivity index is 1.92. The van der Waals surface area contributed by atoms with Gasteiger partial charge in [0.1, 0.15) is 12.2 Å². The molecule has 1 aromatic carbocycles. The standard InChI is InChI=1S/C22H24N2O6/c1-13(2)23-9-15-11-29-12-16-17(22(27)28-3)19(25)20(18(21(23)26)24(15)16)30-10-14-7-5-4-6-8-14/h4-8,13,15H,9-12H2,1-3H3/t15-/m1/s1. The largest absolute Gasteiger partial charge is 0.483 e. The van der Waals surface area contributed by atoms with E-state index in [9.17, 15) is 14.4 Å². The van der Waals surface area contributed by atoms with Crippen molar-refractivity contribution in [1.29, 1.82) is 0 Å². The Kier molecular flexibility index (Phi) is 5.34. The van der Waals surface area contributed by atoms with Crippen molar-refractivity contribution >= 4 is 11.9 Å². The molecule has 8 nitrogen and oxygen atoms in total. The molecule has 0 N–H and O–H groups in total. The maximum atomic E-state index is 13.4. The van der Waals surface area contributed by atoms with Gasteiger partial charge in [0.05, 0.1) is 32.1 Å². The summed E-state index contributed by atoms with van der Waals surface area (Å²) in [6.45, 7) is 4.79. The molecule has 0 saturated heterocycles. The van der Waals surface area contributed by atoms with Crippen molar-refractivity contribution in [2.24, 2.45) is 0 Å². The number of hydrogen-bond donors (Lipinski definition) is 0. The molecule has 0 aliphatic carbocycles. The van der Waals surface area contributed by atoms with Crippen molar-refractivity contribution in [3.8, 4) is 5.75 Å². The summed E-state index contributed by atoms with van der Waals surface area (Å²) in [4.78, 5) is 40.9. The Hall–Kier alpha value is -3.13. The molecule has 30 heavy (non-hydrogen) atoms. The van der Waals surface area contributed by atoms with Gasteiger partial charge in [0.2, 0.25) is 5.43 Å². The first kappa shape index (κ1) is 20.2. The van der Waals surface area contributed by atoms with Crippen LogP contribution in [0.1, 0.15) is 52.0 Å². The maximum absolute atomic E-state index is 13.4. The smallest absolute Gasteiger partial charge is 0.343 e. The van der Waals surface area contributed by atoms with Gasteiger partial charge < -0.3 is 23.7 Å². The van der Waals surface area contributed by atoms with Crippen LogP contribution in [0.2, 0.25) is 0 Å². The molecule has 2 aromatic rings. The van der Waals surface area contributed by atoms with Crippen LogP contribution in [0.3, 0.4) is 0 Å². The fourth-order valence-corrected chi connectivity index (χ4v) is 4.03. The number of carbonyl (C=O) groups excluding carboxylic acids is 2. The van der Waals surface area contributed by atoms with Crippen LogP contribution in [0.25, 0.3) is 0 Å². The molecule has 8 heteroatoms. The van der Waals surface area contributed by atoms with Crippen LogP contribution in [0, 0.1) is 0 Å². The lowest BCUT2D eigenvalue weighted by atomic mass is 10.0. The van der Waals surface area contributed by atoms with Gasteiger partial charge >= 0.3 is 5.97 Å². The highest BCUT2D eigenvalue weighted by Gasteiger charge is 2.41. The first-order valence-corrected chi connectivity index (χ1v) is 9.89. The Bertz CT molecular complexity index is 1040. The predicted octanol–water partition coefficient (Wildman–Crippen LogP) is 2.15. The van der Waals surface area contributed by atoms with Crippen LogP contribution in [0.15, 0.2) is 35.1 Å². The van der Waals surface area contributed by atoms with E-state index in [0.29, 0.717) is 18.8 Å². The van der Waals surface area contributed by atoms with Crippen LogP contribution in [0.5, 0.6) is 5.75 Å². The Morgan fingerprint density at radius 1 is 1.23 bits per heavy atom. The van der Waals surface area contributed by atoms with Gasteiger partial charge in [-0.3, -0.25) is 9.59 Å². The van der Waals surface area contributed by atoms with E-state index in [2.05, 4.69) is 0 Å². The van der Waals surface area contributed by atoms with E-state index >= 15 is 0 Å². The number of methoxy groups -OCH3 is 1. The molecule has 2 aliphatic heterocycles. The van der Waals surface area contributed by atoms with Gasteiger partial charge in [0.25, 0.3) is 5.91 Å². The predicted molar refractivity (Wildman–Crippen MR) is 108 cm³/mol. The minimum atomic E-state index is -0.766. The van der Waals surface area contributed by atoms with Crippen LogP contribution in [-0.2, 0) is 22.7 Å². The third-order valence-electron chi connectivity index (χ3n) is 5.49. The number of pyridine rings is 1. The van der Waals surface area contributed by atoms with Gasteiger partial charge in [0.15, 0.2) is 11.4 Å². The lowest BCUT2D eigenvalue weighted by Gasteiger charge is -2.42.